The summed E-state index contributed by atoms with van der Waals surface area (Å²) < 4.78 is 2.95. The van der Waals surface area contributed by atoms with Crippen molar-refractivity contribution in [3.05, 3.63) is 34.7 Å². The Morgan fingerprint density at radius 1 is 1.32 bits per heavy atom. The van der Waals surface area contributed by atoms with Crippen LogP contribution in [-0.4, -0.2) is 42.2 Å². The topological polar surface area (TPSA) is 88.5 Å². The first-order valence-electron chi connectivity index (χ1n) is 9.43. The molecule has 3 aromatic rings. The van der Waals surface area contributed by atoms with Gasteiger partial charge in [-0.2, -0.15) is 10.2 Å². The first-order chi connectivity index (χ1) is 13.5. The lowest BCUT2D eigenvalue weighted by Crippen LogP contribution is -2.38. The van der Waals surface area contributed by atoms with Crippen molar-refractivity contribution in [2.24, 2.45) is 7.05 Å². The fourth-order valence-corrected chi connectivity index (χ4v) is 5.73. The zero-order valence-electron chi connectivity index (χ0n) is 16.2. The van der Waals surface area contributed by atoms with Crippen molar-refractivity contribution in [2.75, 3.05) is 0 Å². The van der Waals surface area contributed by atoms with Gasteiger partial charge in [-0.05, 0) is 45.6 Å². The van der Waals surface area contributed by atoms with Crippen molar-refractivity contribution in [3.8, 4) is 11.3 Å². The van der Waals surface area contributed by atoms with E-state index >= 15 is 0 Å². The standard InChI is InChI=1S/C19H24N6OS2/c1-11-10-27-19(21-11)28-14-6-4-13(5-7-14)22-18(26)17-8-16(23-24-17)15-9-20-25(3)12(15)2/h8-10,13-14H,4-7H2,1-3H3,(H,22,26)(H,23,24). The van der Waals surface area contributed by atoms with Crippen molar-refractivity contribution >= 4 is 29.0 Å². The molecule has 1 amide bonds. The number of rotatable bonds is 5. The Labute approximate surface area is 172 Å². The number of aromatic amines is 1. The van der Waals surface area contributed by atoms with Gasteiger partial charge in [0.1, 0.15) is 10.0 Å². The molecular weight excluding hydrogens is 392 g/mol. The maximum absolute atomic E-state index is 12.6. The van der Waals surface area contributed by atoms with E-state index in [1.54, 1.807) is 28.3 Å². The van der Waals surface area contributed by atoms with E-state index in [-0.39, 0.29) is 11.9 Å². The molecule has 2 N–H and O–H groups in total. The van der Waals surface area contributed by atoms with Crippen LogP contribution in [0.15, 0.2) is 22.0 Å². The van der Waals surface area contributed by atoms with Gasteiger partial charge in [0.25, 0.3) is 5.91 Å². The van der Waals surface area contributed by atoms with Gasteiger partial charge in [-0.15, -0.1) is 11.3 Å². The van der Waals surface area contributed by atoms with E-state index in [2.05, 4.69) is 31.0 Å². The lowest BCUT2D eigenvalue weighted by molar-refractivity contribution is 0.0923. The molecule has 148 valence electrons. The monoisotopic (exact) mass is 416 g/mol. The summed E-state index contributed by atoms with van der Waals surface area (Å²) in [7, 11) is 1.89. The molecule has 9 heteroatoms. The van der Waals surface area contributed by atoms with E-state index in [0.717, 1.165) is 52.7 Å². The van der Waals surface area contributed by atoms with Gasteiger partial charge >= 0.3 is 0 Å². The van der Waals surface area contributed by atoms with Crippen molar-refractivity contribution in [3.63, 3.8) is 0 Å². The predicted octanol–water partition coefficient (Wildman–Crippen LogP) is 3.72. The van der Waals surface area contributed by atoms with Crippen molar-refractivity contribution in [1.29, 1.82) is 0 Å². The maximum atomic E-state index is 12.6. The number of aryl methyl sites for hydroxylation is 2. The Kier molecular flexibility index (Phi) is 5.54. The first-order valence-corrected chi connectivity index (χ1v) is 11.2. The smallest absolute Gasteiger partial charge is 0.269 e. The van der Waals surface area contributed by atoms with Crippen LogP contribution in [0.1, 0.15) is 47.6 Å². The molecule has 0 spiro atoms. The van der Waals surface area contributed by atoms with Gasteiger partial charge in [-0.1, -0.05) is 11.8 Å². The van der Waals surface area contributed by atoms with E-state index in [4.69, 9.17) is 0 Å². The van der Waals surface area contributed by atoms with E-state index in [1.165, 1.54) is 0 Å². The second kappa shape index (κ2) is 8.08. The van der Waals surface area contributed by atoms with Crippen LogP contribution in [0.5, 0.6) is 0 Å². The Hall–Kier alpha value is -2.13. The van der Waals surface area contributed by atoms with Crippen LogP contribution in [-0.2, 0) is 7.05 Å². The lowest BCUT2D eigenvalue weighted by Gasteiger charge is -2.28. The third-order valence-electron chi connectivity index (χ3n) is 5.21. The Morgan fingerprint density at radius 2 is 2.11 bits per heavy atom. The number of H-pyrrole nitrogens is 1. The van der Waals surface area contributed by atoms with Crippen LogP contribution in [0.3, 0.4) is 0 Å². The summed E-state index contributed by atoms with van der Waals surface area (Å²) in [4.78, 5) is 17.1. The zero-order chi connectivity index (χ0) is 19.7. The summed E-state index contributed by atoms with van der Waals surface area (Å²) in [6.45, 7) is 4.02. The van der Waals surface area contributed by atoms with Gasteiger partial charge in [0, 0.05) is 40.7 Å². The minimum atomic E-state index is -0.0908. The molecule has 1 fully saturated rings. The molecule has 0 unspecified atom stereocenters. The molecule has 0 aliphatic heterocycles. The molecule has 3 aromatic heterocycles. The molecule has 0 bridgehead atoms. The molecule has 4 rings (SSSR count). The third-order valence-corrected chi connectivity index (χ3v) is 7.64. The summed E-state index contributed by atoms with van der Waals surface area (Å²) in [6, 6.07) is 2.01. The van der Waals surface area contributed by atoms with Crippen LogP contribution < -0.4 is 5.32 Å². The number of carbonyl (C=O) groups excluding carboxylic acids is 1. The third kappa shape index (κ3) is 4.15. The fourth-order valence-electron chi connectivity index (χ4n) is 3.44. The normalized spacial score (nSPS) is 19.7. The number of nitrogens with zero attached hydrogens (tertiary/aromatic N) is 4. The van der Waals surface area contributed by atoms with Crippen LogP contribution in [0.25, 0.3) is 11.3 Å². The van der Waals surface area contributed by atoms with Crippen LogP contribution >= 0.6 is 23.1 Å². The molecule has 28 heavy (non-hydrogen) atoms. The molecule has 0 saturated heterocycles. The Bertz CT molecular complexity index is 967. The number of thiazole rings is 1. The molecule has 3 heterocycles. The van der Waals surface area contributed by atoms with Gasteiger partial charge in [0.05, 0.1) is 11.9 Å². The molecule has 7 nitrogen and oxygen atoms in total. The van der Waals surface area contributed by atoms with Gasteiger partial charge in [0.15, 0.2) is 0 Å². The summed E-state index contributed by atoms with van der Waals surface area (Å²) in [5, 5.41) is 17.2. The molecule has 1 aliphatic carbocycles. The average Bonchev–Trinajstić information content (AvgIpc) is 3.39. The van der Waals surface area contributed by atoms with Crippen LogP contribution in [0, 0.1) is 13.8 Å². The highest BCUT2D eigenvalue weighted by Gasteiger charge is 2.25. The largest absolute Gasteiger partial charge is 0.348 e. The molecule has 0 atom stereocenters. The number of carbonyl (C=O) groups is 1. The van der Waals surface area contributed by atoms with Gasteiger partial charge in [-0.25, -0.2) is 4.98 Å². The summed E-state index contributed by atoms with van der Waals surface area (Å²) in [5.41, 5.74) is 4.29. The van der Waals surface area contributed by atoms with E-state index in [9.17, 15) is 4.79 Å². The van der Waals surface area contributed by atoms with E-state index in [1.807, 2.05) is 32.7 Å². The highest BCUT2D eigenvalue weighted by molar-refractivity contribution is 8.01. The molecule has 1 aliphatic rings. The predicted molar refractivity (Wildman–Crippen MR) is 112 cm³/mol. The van der Waals surface area contributed by atoms with Gasteiger partial charge in [-0.3, -0.25) is 14.6 Å². The molecule has 0 radical (unpaired) electrons. The van der Waals surface area contributed by atoms with Gasteiger partial charge < -0.3 is 5.32 Å². The zero-order valence-corrected chi connectivity index (χ0v) is 17.9. The average molecular weight is 417 g/mol. The molecule has 1 saturated carbocycles. The van der Waals surface area contributed by atoms with E-state index in [0.29, 0.717) is 10.9 Å². The van der Waals surface area contributed by atoms with Gasteiger partial charge in [0.2, 0.25) is 0 Å². The summed E-state index contributed by atoms with van der Waals surface area (Å²) >= 11 is 3.60. The number of thioether (sulfide) groups is 1. The van der Waals surface area contributed by atoms with Crippen molar-refractivity contribution in [2.45, 2.75) is 55.2 Å². The number of aromatic nitrogens is 5. The Balaban J connectivity index is 1.31. The lowest BCUT2D eigenvalue weighted by atomic mass is 9.95. The fraction of sp³-hybridized carbons (Fsp3) is 0.474. The minimum Gasteiger partial charge on any atom is -0.348 e. The summed E-state index contributed by atoms with van der Waals surface area (Å²) in [6.07, 6.45) is 5.96. The van der Waals surface area contributed by atoms with Crippen LogP contribution in [0.2, 0.25) is 0 Å². The first kappa shape index (κ1) is 19.2. The SMILES string of the molecule is Cc1csc(SC2CCC(NC(=O)c3cc(-c4cnn(C)c4C)n[nH]3)CC2)n1. The highest BCUT2D eigenvalue weighted by Crippen LogP contribution is 2.35. The maximum Gasteiger partial charge on any atom is 0.269 e. The van der Waals surface area contributed by atoms with Crippen molar-refractivity contribution in [1.82, 2.24) is 30.3 Å². The minimum absolute atomic E-state index is 0.0908. The second-order valence-electron chi connectivity index (χ2n) is 7.25. The molecular formula is C19H24N6OS2. The van der Waals surface area contributed by atoms with Crippen molar-refractivity contribution < 1.29 is 4.79 Å². The Morgan fingerprint density at radius 3 is 2.75 bits per heavy atom. The quantitative estimate of drug-likeness (QED) is 0.662. The number of hydrogen-bond acceptors (Lipinski definition) is 6. The summed E-state index contributed by atoms with van der Waals surface area (Å²) in [5.74, 6) is -0.0908. The van der Waals surface area contributed by atoms with E-state index < -0.39 is 0 Å². The highest BCUT2D eigenvalue weighted by atomic mass is 32.2. The number of amides is 1. The number of hydrogen-bond donors (Lipinski definition) is 2. The van der Waals surface area contributed by atoms with Crippen LogP contribution in [0.4, 0.5) is 0 Å². The number of nitrogens with one attached hydrogen (secondary N) is 2. The second-order valence-corrected chi connectivity index (χ2v) is 9.66. The molecule has 0 aromatic carbocycles.